The summed E-state index contributed by atoms with van der Waals surface area (Å²) in [4.78, 5) is 20.0. The first kappa shape index (κ1) is 10.9. The Bertz CT molecular complexity index is 573. The molecule has 0 radical (unpaired) electrons. The highest BCUT2D eigenvalue weighted by atomic mass is 16.6. The van der Waals surface area contributed by atoms with Crippen molar-refractivity contribution >= 4 is 5.91 Å². The van der Waals surface area contributed by atoms with Crippen molar-refractivity contribution in [2.24, 2.45) is 5.73 Å². The summed E-state index contributed by atoms with van der Waals surface area (Å²) in [5.41, 5.74) is 5.49. The van der Waals surface area contributed by atoms with Crippen LogP contribution in [-0.2, 0) is 15.1 Å². The average Bonchev–Trinajstić information content (AvgIpc) is 3.18. The molecule has 1 amide bonds. The minimum absolute atomic E-state index is 0.453. The number of hydrogen-bond donors (Lipinski definition) is 1. The number of ether oxygens (including phenoxy) is 1. The molecule has 3 heterocycles. The third kappa shape index (κ3) is 1.48. The molecule has 5 heteroatoms. The van der Waals surface area contributed by atoms with Crippen molar-refractivity contribution in [1.82, 2.24) is 9.97 Å². The van der Waals surface area contributed by atoms with Gasteiger partial charge in [0.1, 0.15) is 6.10 Å². The smallest absolute Gasteiger partial charge is 0.259 e. The van der Waals surface area contributed by atoms with Crippen molar-refractivity contribution in [2.75, 3.05) is 0 Å². The van der Waals surface area contributed by atoms with Gasteiger partial charge in [-0.3, -0.25) is 14.8 Å². The summed E-state index contributed by atoms with van der Waals surface area (Å²) in [6.45, 7) is 0. The van der Waals surface area contributed by atoms with E-state index in [0.29, 0.717) is 11.4 Å². The number of carbonyl (C=O) groups excluding carboxylic acids is 1. The molecule has 90 valence electrons. The number of nitrogens with two attached hydrogens (primary N) is 1. The van der Waals surface area contributed by atoms with Crippen LogP contribution in [0.25, 0.3) is 0 Å². The van der Waals surface area contributed by atoms with Gasteiger partial charge in [-0.1, -0.05) is 12.1 Å². The van der Waals surface area contributed by atoms with E-state index in [1.807, 2.05) is 6.07 Å². The largest absolute Gasteiger partial charge is 0.367 e. The Morgan fingerprint density at radius 2 is 1.89 bits per heavy atom. The molecule has 0 unspecified atom stereocenters. The molecule has 2 atom stereocenters. The maximum Gasteiger partial charge on any atom is 0.259 e. The van der Waals surface area contributed by atoms with Gasteiger partial charge in [0.05, 0.1) is 11.4 Å². The molecule has 1 aliphatic heterocycles. The molecule has 18 heavy (non-hydrogen) atoms. The molecule has 1 fully saturated rings. The Morgan fingerprint density at radius 1 is 1.17 bits per heavy atom. The van der Waals surface area contributed by atoms with Crippen molar-refractivity contribution in [2.45, 2.75) is 11.7 Å². The minimum Gasteiger partial charge on any atom is -0.367 e. The van der Waals surface area contributed by atoms with Crippen molar-refractivity contribution < 1.29 is 9.53 Å². The molecule has 0 saturated carbocycles. The van der Waals surface area contributed by atoms with Gasteiger partial charge in [0.15, 0.2) is 0 Å². The number of amides is 1. The van der Waals surface area contributed by atoms with Crippen molar-refractivity contribution in [1.29, 1.82) is 0 Å². The maximum absolute atomic E-state index is 11.7. The lowest BCUT2D eigenvalue weighted by molar-refractivity contribution is -0.123. The first-order valence-electron chi connectivity index (χ1n) is 5.55. The average molecular weight is 241 g/mol. The van der Waals surface area contributed by atoms with E-state index in [2.05, 4.69) is 9.97 Å². The van der Waals surface area contributed by atoms with Gasteiger partial charge < -0.3 is 10.5 Å². The van der Waals surface area contributed by atoms with Crippen molar-refractivity contribution in [3.05, 3.63) is 60.2 Å². The van der Waals surface area contributed by atoms with Gasteiger partial charge in [0.2, 0.25) is 5.60 Å². The Labute approximate surface area is 104 Å². The Morgan fingerprint density at radius 3 is 2.44 bits per heavy atom. The Kier molecular flexibility index (Phi) is 2.34. The zero-order valence-electron chi connectivity index (χ0n) is 9.48. The number of primary amides is 1. The second-order valence-corrected chi connectivity index (χ2v) is 4.07. The highest BCUT2D eigenvalue weighted by molar-refractivity contribution is 5.88. The lowest BCUT2D eigenvalue weighted by Gasteiger charge is -2.07. The molecule has 2 aromatic rings. The van der Waals surface area contributed by atoms with Gasteiger partial charge in [0, 0.05) is 12.4 Å². The number of carbonyl (C=O) groups is 1. The van der Waals surface area contributed by atoms with Gasteiger partial charge in [-0.25, -0.2) is 0 Å². The fraction of sp³-hybridized carbons (Fsp3) is 0.154. The number of nitrogens with zero attached hydrogens (tertiary/aromatic N) is 2. The number of hydrogen-bond acceptors (Lipinski definition) is 4. The summed E-state index contributed by atoms with van der Waals surface area (Å²) in [6, 6.07) is 10.7. The van der Waals surface area contributed by atoms with Crippen LogP contribution in [-0.4, -0.2) is 15.9 Å². The predicted octanol–water partition coefficient (Wildman–Crippen LogP) is 0.929. The van der Waals surface area contributed by atoms with E-state index in [0.717, 1.165) is 0 Å². The topological polar surface area (TPSA) is 81.4 Å². The molecule has 1 aliphatic rings. The number of epoxide rings is 1. The van der Waals surface area contributed by atoms with Crippen molar-refractivity contribution in [3.63, 3.8) is 0 Å². The summed E-state index contributed by atoms with van der Waals surface area (Å²) in [5.74, 6) is -0.545. The van der Waals surface area contributed by atoms with E-state index in [4.69, 9.17) is 10.5 Å². The Hall–Kier alpha value is -2.27. The molecule has 2 N–H and O–H groups in total. The highest BCUT2D eigenvalue weighted by Gasteiger charge is 2.65. The van der Waals surface area contributed by atoms with Crippen LogP contribution in [0.4, 0.5) is 0 Å². The van der Waals surface area contributed by atoms with Crippen LogP contribution in [0.3, 0.4) is 0 Å². The van der Waals surface area contributed by atoms with Crippen LogP contribution in [0.5, 0.6) is 0 Å². The standard InChI is InChI=1S/C13H11N3O2/c14-12(17)13(10-6-2-4-8-16-10)11(18-13)9-5-1-3-7-15-9/h1-8,11H,(H2,14,17)/t11-,13+/m1/s1. The van der Waals surface area contributed by atoms with Gasteiger partial charge in [-0.2, -0.15) is 0 Å². The number of aromatic nitrogens is 2. The molecule has 0 spiro atoms. The third-order valence-electron chi connectivity index (χ3n) is 2.98. The summed E-state index contributed by atoms with van der Waals surface area (Å²) >= 11 is 0. The molecule has 0 aromatic carbocycles. The second kappa shape index (κ2) is 3.89. The first-order valence-corrected chi connectivity index (χ1v) is 5.55. The van der Waals surface area contributed by atoms with Crippen molar-refractivity contribution in [3.8, 4) is 0 Å². The molecule has 5 nitrogen and oxygen atoms in total. The van der Waals surface area contributed by atoms with E-state index < -0.39 is 17.6 Å². The SMILES string of the molecule is NC(=O)[C@@]1(c2ccccn2)O[C@@H]1c1ccccn1. The van der Waals surface area contributed by atoms with E-state index in [1.165, 1.54) is 0 Å². The fourth-order valence-electron chi connectivity index (χ4n) is 2.04. The fourth-order valence-corrected chi connectivity index (χ4v) is 2.04. The third-order valence-corrected chi connectivity index (χ3v) is 2.98. The lowest BCUT2D eigenvalue weighted by atomic mass is 9.97. The summed E-state index contributed by atoms with van der Waals surface area (Å²) in [6.07, 6.45) is 2.81. The molecular weight excluding hydrogens is 230 g/mol. The van der Waals surface area contributed by atoms with E-state index in [-0.39, 0.29) is 0 Å². The highest BCUT2D eigenvalue weighted by Crippen LogP contribution is 2.55. The number of pyridine rings is 2. The minimum atomic E-state index is -1.17. The van der Waals surface area contributed by atoms with Crippen LogP contribution in [0.2, 0.25) is 0 Å². The zero-order valence-corrected chi connectivity index (χ0v) is 9.48. The molecular formula is C13H11N3O2. The molecule has 0 bridgehead atoms. The van der Waals surface area contributed by atoms with Crippen LogP contribution >= 0.6 is 0 Å². The molecule has 0 aliphatic carbocycles. The quantitative estimate of drug-likeness (QED) is 0.810. The first-order chi connectivity index (χ1) is 8.75. The summed E-state index contributed by atoms with van der Waals surface area (Å²) in [5, 5.41) is 0. The van der Waals surface area contributed by atoms with Gasteiger partial charge in [-0.15, -0.1) is 0 Å². The molecule has 2 aromatic heterocycles. The normalized spacial score (nSPS) is 25.7. The summed E-state index contributed by atoms with van der Waals surface area (Å²) < 4.78 is 5.54. The lowest BCUT2D eigenvalue weighted by Crippen LogP contribution is -2.31. The maximum atomic E-state index is 11.7. The monoisotopic (exact) mass is 241 g/mol. The molecule has 3 rings (SSSR count). The van der Waals surface area contributed by atoms with Crippen LogP contribution < -0.4 is 5.73 Å². The van der Waals surface area contributed by atoms with E-state index >= 15 is 0 Å². The van der Waals surface area contributed by atoms with Gasteiger partial charge >= 0.3 is 0 Å². The Balaban J connectivity index is 2.01. The molecule has 1 saturated heterocycles. The predicted molar refractivity (Wildman–Crippen MR) is 63.2 cm³/mol. The summed E-state index contributed by atoms with van der Waals surface area (Å²) in [7, 11) is 0. The van der Waals surface area contributed by atoms with Crippen LogP contribution in [0, 0.1) is 0 Å². The van der Waals surface area contributed by atoms with Crippen LogP contribution in [0.1, 0.15) is 17.5 Å². The van der Waals surface area contributed by atoms with E-state index in [1.54, 1.807) is 42.7 Å². The zero-order chi connectivity index (χ0) is 12.6. The number of rotatable bonds is 3. The van der Waals surface area contributed by atoms with Crippen LogP contribution in [0.15, 0.2) is 48.8 Å². The second-order valence-electron chi connectivity index (χ2n) is 4.07. The van der Waals surface area contributed by atoms with Gasteiger partial charge in [-0.05, 0) is 24.3 Å². The van der Waals surface area contributed by atoms with Gasteiger partial charge in [0.25, 0.3) is 5.91 Å². The van der Waals surface area contributed by atoms with E-state index in [9.17, 15) is 4.79 Å².